The highest BCUT2D eigenvalue weighted by Gasteiger charge is 2.10. The number of hydrogen-bond donors (Lipinski definition) is 1. The van der Waals surface area contributed by atoms with Gasteiger partial charge in [0.05, 0.1) is 11.6 Å². The number of thiophene rings is 1. The van der Waals surface area contributed by atoms with Crippen molar-refractivity contribution in [2.45, 2.75) is 12.8 Å². The normalized spacial score (nSPS) is 10.6. The van der Waals surface area contributed by atoms with Gasteiger partial charge in [-0.1, -0.05) is 0 Å². The van der Waals surface area contributed by atoms with Crippen LogP contribution in [0.15, 0.2) is 16.8 Å². The average molecular weight is 213 g/mol. The lowest BCUT2D eigenvalue weighted by molar-refractivity contribution is 1.05. The van der Waals surface area contributed by atoms with Crippen molar-refractivity contribution in [2.24, 2.45) is 0 Å². The van der Waals surface area contributed by atoms with Crippen LogP contribution < -0.4 is 0 Å². The second kappa shape index (κ2) is 3.52. The molecule has 2 aromatic heterocycles. The Balaban J connectivity index is 2.52. The van der Waals surface area contributed by atoms with Crippen LogP contribution in [0.1, 0.15) is 11.3 Å². The maximum Gasteiger partial charge on any atom is 0.0975 e. The molecule has 0 fully saturated rings. The van der Waals surface area contributed by atoms with E-state index < -0.39 is 0 Å². The van der Waals surface area contributed by atoms with Crippen LogP contribution >= 0.6 is 22.9 Å². The van der Waals surface area contributed by atoms with Crippen molar-refractivity contribution >= 4 is 22.9 Å². The maximum atomic E-state index is 5.84. The Morgan fingerprint density at radius 3 is 3.08 bits per heavy atom. The van der Waals surface area contributed by atoms with E-state index >= 15 is 0 Å². The number of H-pyrrole nitrogens is 1. The molecule has 2 aromatic rings. The minimum absolute atomic E-state index is 0.507. The van der Waals surface area contributed by atoms with E-state index in [1.807, 2.05) is 12.3 Å². The molecule has 0 unspecified atom stereocenters. The van der Waals surface area contributed by atoms with E-state index in [-0.39, 0.29) is 0 Å². The lowest BCUT2D eigenvalue weighted by Crippen LogP contribution is -1.82. The van der Waals surface area contributed by atoms with Gasteiger partial charge >= 0.3 is 0 Å². The van der Waals surface area contributed by atoms with Crippen LogP contribution in [0.5, 0.6) is 0 Å². The zero-order valence-electron chi connectivity index (χ0n) is 7.17. The highest BCUT2D eigenvalue weighted by atomic mass is 35.5. The van der Waals surface area contributed by atoms with Gasteiger partial charge in [-0.2, -0.15) is 16.4 Å². The predicted molar refractivity (Wildman–Crippen MR) is 56.2 cm³/mol. The Morgan fingerprint density at radius 1 is 1.62 bits per heavy atom. The molecule has 0 atom stereocenters. The molecule has 0 amide bonds. The zero-order valence-corrected chi connectivity index (χ0v) is 8.75. The molecule has 2 heterocycles. The summed E-state index contributed by atoms with van der Waals surface area (Å²) in [7, 11) is 0. The molecule has 0 radical (unpaired) electrons. The van der Waals surface area contributed by atoms with Crippen LogP contribution in [0, 0.1) is 6.92 Å². The van der Waals surface area contributed by atoms with Crippen LogP contribution in [0.4, 0.5) is 0 Å². The van der Waals surface area contributed by atoms with Crippen molar-refractivity contribution < 1.29 is 0 Å². The first-order valence-electron chi connectivity index (χ1n) is 3.95. The number of rotatable bonds is 2. The minimum atomic E-state index is 0.507. The van der Waals surface area contributed by atoms with Crippen LogP contribution in [0.2, 0.25) is 0 Å². The van der Waals surface area contributed by atoms with Gasteiger partial charge in [-0.25, -0.2) is 0 Å². The van der Waals surface area contributed by atoms with Crippen LogP contribution in [0.25, 0.3) is 11.3 Å². The van der Waals surface area contributed by atoms with Gasteiger partial charge in [0.15, 0.2) is 0 Å². The fourth-order valence-corrected chi connectivity index (χ4v) is 2.22. The third-order valence-corrected chi connectivity index (χ3v) is 2.95. The lowest BCUT2D eigenvalue weighted by Gasteiger charge is -1.95. The second-order valence-electron chi connectivity index (χ2n) is 2.82. The molecule has 0 aliphatic heterocycles. The molecule has 0 saturated carbocycles. The first-order chi connectivity index (χ1) is 6.33. The minimum Gasteiger partial charge on any atom is -0.282 e. The molecule has 2 nitrogen and oxygen atoms in total. The van der Waals surface area contributed by atoms with Gasteiger partial charge in [0, 0.05) is 22.2 Å². The van der Waals surface area contributed by atoms with E-state index in [0.717, 1.165) is 22.5 Å². The Bertz CT molecular complexity index is 392. The topological polar surface area (TPSA) is 28.7 Å². The van der Waals surface area contributed by atoms with Crippen molar-refractivity contribution in [1.29, 1.82) is 0 Å². The van der Waals surface area contributed by atoms with E-state index in [0.29, 0.717) is 5.88 Å². The first kappa shape index (κ1) is 8.78. The Hall–Kier alpha value is -0.800. The monoisotopic (exact) mass is 212 g/mol. The van der Waals surface area contributed by atoms with Gasteiger partial charge in [0.25, 0.3) is 0 Å². The van der Waals surface area contributed by atoms with Gasteiger partial charge in [-0.3, -0.25) is 5.10 Å². The summed E-state index contributed by atoms with van der Waals surface area (Å²) in [5.41, 5.74) is 4.27. The molecule has 0 aliphatic carbocycles. The summed E-state index contributed by atoms with van der Waals surface area (Å²) in [5.74, 6) is 0.507. The summed E-state index contributed by atoms with van der Waals surface area (Å²) in [6, 6.07) is 2.05. The number of aryl methyl sites for hydroxylation is 1. The van der Waals surface area contributed by atoms with Crippen molar-refractivity contribution in [3.05, 3.63) is 28.1 Å². The van der Waals surface area contributed by atoms with Crippen molar-refractivity contribution in [1.82, 2.24) is 10.2 Å². The third kappa shape index (κ3) is 1.49. The van der Waals surface area contributed by atoms with E-state index in [2.05, 4.69) is 21.6 Å². The number of nitrogens with zero attached hydrogens (tertiary/aromatic N) is 1. The van der Waals surface area contributed by atoms with E-state index in [1.54, 1.807) is 11.3 Å². The molecule has 0 bridgehead atoms. The van der Waals surface area contributed by atoms with Gasteiger partial charge in [-0.15, -0.1) is 11.6 Å². The molecule has 68 valence electrons. The van der Waals surface area contributed by atoms with Gasteiger partial charge < -0.3 is 0 Å². The summed E-state index contributed by atoms with van der Waals surface area (Å²) in [6.45, 7) is 1.99. The first-order valence-corrected chi connectivity index (χ1v) is 5.43. The van der Waals surface area contributed by atoms with Crippen molar-refractivity contribution in [3.63, 3.8) is 0 Å². The summed E-state index contributed by atoms with van der Waals surface area (Å²) in [4.78, 5) is 0. The Labute approximate surface area is 85.6 Å². The quantitative estimate of drug-likeness (QED) is 0.762. The smallest absolute Gasteiger partial charge is 0.0975 e. The van der Waals surface area contributed by atoms with E-state index in [4.69, 9.17) is 11.6 Å². The third-order valence-electron chi connectivity index (χ3n) is 2.00. The molecule has 0 aliphatic rings. The average Bonchev–Trinajstić information content (AvgIpc) is 2.71. The zero-order chi connectivity index (χ0) is 9.26. The van der Waals surface area contributed by atoms with Crippen molar-refractivity contribution in [2.75, 3.05) is 0 Å². The van der Waals surface area contributed by atoms with Gasteiger partial charge in [0.1, 0.15) is 0 Å². The molecule has 13 heavy (non-hydrogen) atoms. The van der Waals surface area contributed by atoms with E-state index in [9.17, 15) is 0 Å². The predicted octanol–water partition coefficient (Wildman–Crippen LogP) is 3.19. The number of nitrogens with one attached hydrogen (secondary N) is 1. The second-order valence-corrected chi connectivity index (χ2v) is 3.87. The standard InChI is InChI=1S/C9H9ClN2S/c1-6-8(4-10)9(12-11-6)7-2-3-13-5-7/h2-3,5H,4H2,1H3,(H,11,12). The van der Waals surface area contributed by atoms with Crippen LogP contribution in [-0.2, 0) is 5.88 Å². The highest BCUT2D eigenvalue weighted by Crippen LogP contribution is 2.26. The molecular formula is C9H9ClN2S. The van der Waals surface area contributed by atoms with Crippen molar-refractivity contribution in [3.8, 4) is 11.3 Å². The summed E-state index contributed by atoms with van der Waals surface area (Å²) in [5, 5.41) is 11.3. The number of aromatic amines is 1. The summed E-state index contributed by atoms with van der Waals surface area (Å²) >= 11 is 7.50. The number of hydrogen-bond acceptors (Lipinski definition) is 2. The molecular weight excluding hydrogens is 204 g/mol. The number of halogens is 1. The number of alkyl halides is 1. The SMILES string of the molecule is Cc1[nH]nc(-c2ccsc2)c1CCl. The fourth-order valence-electron chi connectivity index (χ4n) is 1.25. The maximum absolute atomic E-state index is 5.84. The molecule has 0 saturated heterocycles. The summed E-state index contributed by atoms with van der Waals surface area (Å²) < 4.78 is 0. The summed E-state index contributed by atoms with van der Waals surface area (Å²) in [6.07, 6.45) is 0. The van der Waals surface area contributed by atoms with E-state index in [1.165, 1.54) is 0 Å². The van der Waals surface area contributed by atoms with Gasteiger partial charge in [-0.05, 0) is 18.4 Å². The molecule has 1 N–H and O–H groups in total. The largest absolute Gasteiger partial charge is 0.282 e. The Morgan fingerprint density at radius 2 is 2.46 bits per heavy atom. The highest BCUT2D eigenvalue weighted by molar-refractivity contribution is 7.08. The fraction of sp³-hybridized carbons (Fsp3) is 0.222. The van der Waals surface area contributed by atoms with Crippen LogP contribution in [0.3, 0.4) is 0 Å². The molecule has 0 aromatic carbocycles. The molecule has 0 spiro atoms. The van der Waals surface area contributed by atoms with Crippen LogP contribution in [-0.4, -0.2) is 10.2 Å². The molecule has 2 rings (SSSR count). The Kier molecular flexibility index (Phi) is 2.38. The molecule has 4 heteroatoms. The lowest BCUT2D eigenvalue weighted by atomic mass is 10.1. The number of aromatic nitrogens is 2. The van der Waals surface area contributed by atoms with Gasteiger partial charge in [0.2, 0.25) is 0 Å².